The molecule has 6 rings (SSSR count). The molecule has 7 heteroatoms. The Balaban J connectivity index is 1.52. The number of aromatic amines is 2. The van der Waals surface area contributed by atoms with Gasteiger partial charge in [0.2, 0.25) is 0 Å². The van der Waals surface area contributed by atoms with E-state index in [0.717, 1.165) is 55.2 Å². The fourth-order valence-electron chi connectivity index (χ4n) is 3.71. The zero-order chi connectivity index (χ0) is 20.1. The number of aryl methyl sites for hydroxylation is 1. The Hall–Kier alpha value is -3.84. The van der Waals surface area contributed by atoms with Crippen molar-refractivity contribution in [2.24, 2.45) is 0 Å². The summed E-state index contributed by atoms with van der Waals surface area (Å²) in [4.78, 5) is 19.5. The normalized spacial score (nSPS) is 11.5. The van der Waals surface area contributed by atoms with Crippen molar-refractivity contribution in [3.8, 4) is 33.2 Å². The first-order valence-corrected chi connectivity index (χ1v) is 10.4. The number of hydrogen-bond acceptors (Lipinski definition) is 5. The Morgan fingerprint density at radius 3 is 2.60 bits per heavy atom. The number of nitrogens with zero attached hydrogens (tertiary/aromatic N) is 4. The van der Waals surface area contributed by atoms with Crippen molar-refractivity contribution in [2.75, 3.05) is 0 Å². The second kappa shape index (κ2) is 6.60. The highest BCUT2D eigenvalue weighted by Crippen LogP contribution is 2.35. The van der Waals surface area contributed by atoms with Gasteiger partial charge in [-0.2, -0.15) is 5.10 Å². The maximum atomic E-state index is 4.88. The van der Waals surface area contributed by atoms with Crippen LogP contribution in [-0.4, -0.2) is 30.1 Å². The molecule has 144 valence electrons. The van der Waals surface area contributed by atoms with E-state index in [9.17, 15) is 0 Å². The molecule has 0 saturated carbocycles. The molecule has 0 spiro atoms. The molecule has 0 bridgehead atoms. The van der Waals surface area contributed by atoms with Crippen LogP contribution < -0.4 is 0 Å². The molecular weight excluding hydrogens is 392 g/mol. The number of H-pyrrole nitrogens is 2. The third-order valence-electron chi connectivity index (χ3n) is 5.16. The molecule has 30 heavy (non-hydrogen) atoms. The topological polar surface area (TPSA) is 83.1 Å². The lowest BCUT2D eigenvalue weighted by atomic mass is 10.1. The minimum Gasteiger partial charge on any atom is -0.353 e. The molecule has 0 aliphatic heterocycles. The van der Waals surface area contributed by atoms with E-state index in [2.05, 4.69) is 50.3 Å². The van der Waals surface area contributed by atoms with Crippen LogP contribution in [-0.2, 0) is 0 Å². The summed E-state index contributed by atoms with van der Waals surface area (Å²) in [6.45, 7) is 2.11. The first-order valence-electron chi connectivity index (χ1n) is 9.57. The summed E-state index contributed by atoms with van der Waals surface area (Å²) in [6, 6.07) is 16.3. The zero-order valence-electron chi connectivity index (χ0n) is 16.0. The van der Waals surface area contributed by atoms with Gasteiger partial charge in [-0.3, -0.25) is 15.1 Å². The predicted molar refractivity (Wildman–Crippen MR) is 120 cm³/mol. The molecule has 0 atom stereocenters. The van der Waals surface area contributed by atoms with E-state index >= 15 is 0 Å². The molecule has 0 saturated heterocycles. The maximum Gasteiger partial charge on any atom is 0.135 e. The van der Waals surface area contributed by atoms with Gasteiger partial charge in [-0.25, -0.2) is 4.98 Å². The summed E-state index contributed by atoms with van der Waals surface area (Å²) in [5.74, 6) is 0. The van der Waals surface area contributed by atoms with E-state index in [-0.39, 0.29) is 0 Å². The molecule has 6 heterocycles. The van der Waals surface area contributed by atoms with Crippen molar-refractivity contribution in [1.29, 1.82) is 0 Å². The number of aromatic nitrogens is 6. The average molecular weight is 408 g/mol. The van der Waals surface area contributed by atoms with Crippen LogP contribution in [0, 0.1) is 6.92 Å². The van der Waals surface area contributed by atoms with Gasteiger partial charge in [0.15, 0.2) is 0 Å². The van der Waals surface area contributed by atoms with Gasteiger partial charge in [-0.15, -0.1) is 11.3 Å². The van der Waals surface area contributed by atoms with Crippen LogP contribution in [0.3, 0.4) is 0 Å². The monoisotopic (exact) mass is 408 g/mol. The van der Waals surface area contributed by atoms with Crippen molar-refractivity contribution in [2.45, 2.75) is 6.92 Å². The molecule has 6 nitrogen and oxygen atoms in total. The fourth-order valence-corrected chi connectivity index (χ4v) is 4.59. The lowest BCUT2D eigenvalue weighted by Gasteiger charge is -2.00. The van der Waals surface area contributed by atoms with Gasteiger partial charge < -0.3 is 4.98 Å². The Labute approximate surface area is 175 Å². The standard InChI is InChI=1S/C23H16N6S/c1-13-2-5-20(30-13)21-15-12-19(26-17(15)8-11-25-21)23-22-18(28-29-23)4-3-16(27-22)14-6-9-24-10-7-14/h2-12,26H,1H3,(H,28,29). The SMILES string of the molecule is Cc1ccc(-c2nccc3[nH]c(-c4n[nH]c5ccc(-c6ccncc6)nc45)cc23)s1. The van der Waals surface area contributed by atoms with Crippen molar-refractivity contribution < 1.29 is 0 Å². The molecule has 2 N–H and O–H groups in total. The third-order valence-corrected chi connectivity index (χ3v) is 6.17. The number of rotatable bonds is 3. The molecule has 0 fully saturated rings. The minimum absolute atomic E-state index is 0.797. The second-order valence-corrected chi connectivity index (χ2v) is 8.40. The Morgan fingerprint density at radius 1 is 0.867 bits per heavy atom. The van der Waals surface area contributed by atoms with Crippen LogP contribution in [0.1, 0.15) is 4.88 Å². The lowest BCUT2D eigenvalue weighted by Crippen LogP contribution is -1.86. The third kappa shape index (κ3) is 2.71. The van der Waals surface area contributed by atoms with E-state index in [4.69, 9.17) is 4.98 Å². The molecule has 0 radical (unpaired) electrons. The zero-order valence-corrected chi connectivity index (χ0v) is 16.9. The number of pyridine rings is 3. The van der Waals surface area contributed by atoms with E-state index in [1.165, 1.54) is 4.88 Å². The van der Waals surface area contributed by atoms with Gasteiger partial charge in [0, 0.05) is 39.9 Å². The molecule has 0 unspecified atom stereocenters. The van der Waals surface area contributed by atoms with Crippen molar-refractivity contribution in [3.05, 3.63) is 72.0 Å². The Bertz CT molecular complexity index is 1510. The van der Waals surface area contributed by atoms with Crippen LogP contribution in [0.4, 0.5) is 0 Å². The van der Waals surface area contributed by atoms with E-state index in [1.54, 1.807) is 23.7 Å². The molecule has 6 aromatic heterocycles. The summed E-state index contributed by atoms with van der Waals surface area (Å²) in [6.07, 6.45) is 5.39. The van der Waals surface area contributed by atoms with Gasteiger partial charge >= 0.3 is 0 Å². The largest absolute Gasteiger partial charge is 0.353 e. The molecule has 0 aromatic carbocycles. The molecular formula is C23H16N6S. The lowest BCUT2D eigenvalue weighted by molar-refractivity contribution is 1.12. The molecule has 0 aliphatic carbocycles. The van der Waals surface area contributed by atoms with Crippen LogP contribution in [0.25, 0.3) is 55.2 Å². The molecule has 6 aromatic rings. The Morgan fingerprint density at radius 2 is 1.77 bits per heavy atom. The van der Waals surface area contributed by atoms with Gasteiger partial charge in [0.05, 0.1) is 27.5 Å². The van der Waals surface area contributed by atoms with Gasteiger partial charge in [0.1, 0.15) is 11.2 Å². The smallest absolute Gasteiger partial charge is 0.135 e. The van der Waals surface area contributed by atoms with Gasteiger partial charge in [0.25, 0.3) is 0 Å². The summed E-state index contributed by atoms with van der Waals surface area (Å²) < 4.78 is 0. The molecule has 0 aliphatic rings. The highest BCUT2D eigenvalue weighted by Gasteiger charge is 2.16. The minimum atomic E-state index is 0.797. The van der Waals surface area contributed by atoms with Crippen LogP contribution in [0.15, 0.2) is 67.1 Å². The highest BCUT2D eigenvalue weighted by atomic mass is 32.1. The van der Waals surface area contributed by atoms with E-state index in [1.807, 2.05) is 36.5 Å². The molecule has 0 amide bonds. The predicted octanol–water partition coefficient (Wildman–Crippen LogP) is 5.60. The first kappa shape index (κ1) is 17.1. The number of fused-ring (bicyclic) bond motifs is 2. The summed E-state index contributed by atoms with van der Waals surface area (Å²) >= 11 is 1.75. The van der Waals surface area contributed by atoms with Gasteiger partial charge in [-0.1, -0.05) is 0 Å². The number of nitrogens with one attached hydrogen (secondary N) is 2. The van der Waals surface area contributed by atoms with Crippen LogP contribution >= 0.6 is 11.3 Å². The number of hydrogen-bond donors (Lipinski definition) is 2. The summed E-state index contributed by atoms with van der Waals surface area (Å²) in [5, 5.41) is 8.73. The highest BCUT2D eigenvalue weighted by molar-refractivity contribution is 7.15. The maximum absolute atomic E-state index is 4.88. The first-order chi connectivity index (χ1) is 14.8. The number of thiophene rings is 1. The fraction of sp³-hybridized carbons (Fsp3) is 0.0435. The quantitative estimate of drug-likeness (QED) is 0.399. The van der Waals surface area contributed by atoms with Crippen molar-refractivity contribution in [3.63, 3.8) is 0 Å². The average Bonchev–Trinajstić information content (AvgIpc) is 3.51. The van der Waals surface area contributed by atoms with E-state index in [0.29, 0.717) is 0 Å². The Kier molecular flexibility index (Phi) is 3.75. The van der Waals surface area contributed by atoms with Crippen LogP contribution in [0.2, 0.25) is 0 Å². The van der Waals surface area contributed by atoms with Crippen molar-refractivity contribution in [1.82, 2.24) is 30.1 Å². The second-order valence-electron chi connectivity index (χ2n) is 7.11. The summed E-state index contributed by atoms with van der Waals surface area (Å²) in [5.41, 5.74) is 7.37. The summed E-state index contributed by atoms with van der Waals surface area (Å²) in [7, 11) is 0. The van der Waals surface area contributed by atoms with E-state index < -0.39 is 0 Å². The van der Waals surface area contributed by atoms with Crippen molar-refractivity contribution >= 4 is 33.3 Å². The van der Waals surface area contributed by atoms with Crippen LogP contribution in [0.5, 0.6) is 0 Å². The van der Waals surface area contributed by atoms with Gasteiger partial charge in [-0.05, 0) is 55.5 Å².